The van der Waals surface area contributed by atoms with Gasteiger partial charge in [-0.2, -0.15) is 0 Å². The minimum Gasteiger partial charge on any atom is -0.462 e. The topological polar surface area (TPSA) is 78.9 Å². The van der Waals surface area contributed by atoms with Gasteiger partial charge in [0, 0.05) is 19.3 Å². The monoisotopic (exact) mass is 923 g/mol. The average Bonchev–Trinajstić information content (AvgIpc) is 3.31. The lowest BCUT2D eigenvalue weighted by Gasteiger charge is -2.18. The van der Waals surface area contributed by atoms with E-state index in [0.29, 0.717) is 19.3 Å². The van der Waals surface area contributed by atoms with Gasteiger partial charge in [0.25, 0.3) is 0 Å². The summed E-state index contributed by atoms with van der Waals surface area (Å²) in [5, 5.41) is 0. The highest BCUT2D eigenvalue weighted by molar-refractivity contribution is 5.71. The fraction of sp³-hybridized carbons (Fsp3) is 0.783. The predicted molar refractivity (Wildman–Crippen MR) is 284 cm³/mol. The van der Waals surface area contributed by atoms with Crippen molar-refractivity contribution in [3.8, 4) is 0 Å². The van der Waals surface area contributed by atoms with Gasteiger partial charge in [-0.3, -0.25) is 14.4 Å². The molecule has 6 nitrogen and oxygen atoms in total. The second kappa shape index (κ2) is 54.7. The summed E-state index contributed by atoms with van der Waals surface area (Å²) in [4.78, 5) is 38.1. The molecule has 0 bridgehead atoms. The molecule has 0 aromatic carbocycles. The van der Waals surface area contributed by atoms with Crippen molar-refractivity contribution in [1.29, 1.82) is 0 Å². The lowest BCUT2D eigenvalue weighted by Crippen LogP contribution is -2.30. The van der Waals surface area contributed by atoms with Gasteiger partial charge in [-0.1, -0.05) is 242 Å². The van der Waals surface area contributed by atoms with E-state index in [4.69, 9.17) is 14.2 Å². The van der Waals surface area contributed by atoms with Crippen LogP contribution in [0.2, 0.25) is 0 Å². The first kappa shape index (κ1) is 63.1. The molecule has 0 aromatic rings. The zero-order chi connectivity index (χ0) is 47.9. The summed E-state index contributed by atoms with van der Waals surface area (Å²) >= 11 is 0. The maximum absolute atomic E-state index is 12.8. The summed E-state index contributed by atoms with van der Waals surface area (Å²) in [6.45, 7) is 6.51. The molecule has 0 aliphatic heterocycles. The highest BCUT2D eigenvalue weighted by Crippen LogP contribution is 2.16. The van der Waals surface area contributed by atoms with Gasteiger partial charge in [-0.15, -0.1) is 0 Å². The molecular weight excluding hydrogens is 817 g/mol. The number of carbonyl (C=O) groups is 3. The lowest BCUT2D eigenvalue weighted by atomic mass is 10.0. The van der Waals surface area contributed by atoms with Crippen molar-refractivity contribution < 1.29 is 28.6 Å². The molecule has 0 unspecified atom stereocenters. The molecule has 6 heteroatoms. The second-order valence-corrected chi connectivity index (χ2v) is 18.8. The molecule has 0 saturated heterocycles. The number of esters is 3. The van der Waals surface area contributed by atoms with Crippen LogP contribution in [0, 0.1) is 0 Å². The van der Waals surface area contributed by atoms with Gasteiger partial charge in [0.15, 0.2) is 6.10 Å². The van der Waals surface area contributed by atoms with Crippen molar-refractivity contribution in [2.75, 3.05) is 13.2 Å². The third-order valence-electron chi connectivity index (χ3n) is 12.3. The first-order chi connectivity index (χ1) is 32.5. The van der Waals surface area contributed by atoms with Gasteiger partial charge in [-0.05, 0) is 83.5 Å². The third-order valence-corrected chi connectivity index (χ3v) is 12.3. The van der Waals surface area contributed by atoms with E-state index in [1.54, 1.807) is 0 Å². The summed E-state index contributed by atoms with van der Waals surface area (Å²) < 4.78 is 16.8. The normalized spacial score (nSPS) is 12.5. The maximum Gasteiger partial charge on any atom is 0.306 e. The van der Waals surface area contributed by atoms with E-state index in [2.05, 4.69) is 81.5 Å². The summed E-state index contributed by atoms with van der Waals surface area (Å²) in [6.07, 6.45) is 67.8. The molecular formula is C60H106O6. The zero-order valence-electron chi connectivity index (χ0n) is 43.7. The Morgan fingerprint density at radius 1 is 0.318 bits per heavy atom. The molecule has 0 radical (unpaired) electrons. The van der Waals surface area contributed by atoms with Gasteiger partial charge in [0.05, 0.1) is 0 Å². The second-order valence-electron chi connectivity index (χ2n) is 18.8. The van der Waals surface area contributed by atoms with E-state index >= 15 is 0 Å². The summed E-state index contributed by atoms with van der Waals surface area (Å²) in [7, 11) is 0. The van der Waals surface area contributed by atoms with Gasteiger partial charge >= 0.3 is 17.9 Å². The Hall–Kier alpha value is -2.89. The van der Waals surface area contributed by atoms with E-state index < -0.39 is 6.10 Å². The minimum absolute atomic E-state index is 0.0873. The minimum atomic E-state index is -0.791. The number of allylic oxidation sites excluding steroid dienone is 10. The molecule has 0 fully saturated rings. The molecule has 1 atom stereocenters. The van der Waals surface area contributed by atoms with E-state index in [1.807, 2.05) is 0 Å². The predicted octanol–water partition coefficient (Wildman–Crippen LogP) is 18.8. The number of ether oxygens (including phenoxy) is 3. The maximum atomic E-state index is 12.8. The third kappa shape index (κ3) is 52.1. The molecule has 0 aliphatic carbocycles. The molecule has 0 N–H and O–H groups in total. The van der Waals surface area contributed by atoms with Crippen LogP contribution in [-0.2, 0) is 28.6 Å². The average molecular weight is 924 g/mol. The molecule has 66 heavy (non-hydrogen) atoms. The Morgan fingerprint density at radius 2 is 0.591 bits per heavy atom. The number of hydrogen-bond donors (Lipinski definition) is 0. The Balaban J connectivity index is 4.41. The smallest absolute Gasteiger partial charge is 0.306 e. The highest BCUT2D eigenvalue weighted by Gasteiger charge is 2.19. The van der Waals surface area contributed by atoms with Crippen LogP contribution in [0.1, 0.15) is 284 Å². The summed E-state index contributed by atoms with van der Waals surface area (Å²) in [5.41, 5.74) is 0. The Kier molecular flexibility index (Phi) is 52.3. The van der Waals surface area contributed by atoms with Crippen molar-refractivity contribution in [3.63, 3.8) is 0 Å². The van der Waals surface area contributed by atoms with Crippen molar-refractivity contribution in [1.82, 2.24) is 0 Å². The van der Waals surface area contributed by atoms with Crippen molar-refractivity contribution in [2.45, 2.75) is 290 Å². The Labute approximate surface area is 409 Å². The molecule has 382 valence electrons. The van der Waals surface area contributed by atoms with Crippen LogP contribution >= 0.6 is 0 Å². The van der Waals surface area contributed by atoms with Crippen molar-refractivity contribution in [2.24, 2.45) is 0 Å². The van der Waals surface area contributed by atoms with E-state index in [-0.39, 0.29) is 31.1 Å². The van der Waals surface area contributed by atoms with Crippen molar-refractivity contribution in [3.05, 3.63) is 60.8 Å². The SMILES string of the molecule is CC/C=C\C/C=C\C/C=C\C/C=C\CCCCC(=O)OC[C@H](COC(=O)CCCCCCCCC/C=C\CCCCCCCC)OC(=O)CCCCCCCCCCCCCCCCCC. The van der Waals surface area contributed by atoms with Gasteiger partial charge < -0.3 is 14.2 Å². The molecule has 0 rings (SSSR count). The number of rotatable bonds is 51. The fourth-order valence-electron chi connectivity index (χ4n) is 8.02. The van der Waals surface area contributed by atoms with Crippen molar-refractivity contribution >= 4 is 17.9 Å². The fourth-order valence-corrected chi connectivity index (χ4v) is 8.02. The molecule has 0 amide bonds. The quantitative estimate of drug-likeness (QED) is 0.0262. The van der Waals surface area contributed by atoms with E-state index in [9.17, 15) is 14.4 Å². The van der Waals surface area contributed by atoms with Gasteiger partial charge in [-0.25, -0.2) is 0 Å². The molecule has 0 saturated carbocycles. The van der Waals surface area contributed by atoms with Gasteiger partial charge in [0.2, 0.25) is 0 Å². The van der Waals surface area contributed by atoms with E-state index in [1.165, 1.54) is 161 Å². The summed E-state index contributed by atoms with van der Waals surface area (Å²) in [6, 6.07) is 0. The molecule has 0 spiro atoms. The first-order valence-corrected chi connectivity index (χ1v) is 28.3. The van der Waals surface area contributed by atoms with Gasteiger partial charge in [0.1, 0.15) is 13.2 Å². The number of carbonyl (C=O) groups excluding carboxylic acids is 3. The van der Waals surface area contributed by atoms with E-state index in [0.717, 1.165) is 83.5 Å². The highest BCUT2D eigenvalue weighted by atomic mass is 16.6. The molecule has 0 heterocycles. The van der Waals surface area contributed by atoms with Crippen LogP contribution in [0.4, 0.5) is 0 Å². The largest absolute Gasteiger partial charge is 0.462 e. The lowest BCUT2D eigenvalue weighted by molar-refractivity contribution is -0.167. The Morgan fingerprint density at radius 3 is 0.970 bits per heavy atom. The van der Waals surface area contributed by atoms with Crippen LogP contribution in [0.15, 0.2) is 60.8 Å². The van der Waals surface area contributed by atoms with Crippen LogP contribution in [0.3, 0.4) is 0 Å². The summed E-state index contributed by atoms with van der Waals surface area (Å²) in [5.74, 6) is -0.923. The first-order valence-electron chi connectivity index (χ1n) is 28.3. The molecule has 0 aliphatic rings. The van der Waals surface area contributed by atoms with Crippen LogP contribution in [-0.4, -0.2) is 37.2 Å². The molecule has 0 aromatic heterocycles. The number of unbranched alkanes of at least 4 members (excludes halogenated alkanes) is 30. The Bertz CT molecular complexity index is 1200. The standard InChI is InChI=1S/C60H106O6/c1-4-7-10-13-16-19-22-25-28-30-33-35-38-41-44-47-50-53-59(62)65-56-57(55-64-58(61)52-49-46-43-40-37-34-31-27-24-21-18-15-12-9-6-3)66-60(63)54-51-48-45-42-39-36-32-29-26-23-20-17-14-11-8-5-2/h9,12,18,21,25,27-28,31,37,40,57H,4-8,10-11,13-17,19-20,22-24,26,29-30,32-36,38-39,41-56H2,1-3H3/b12-9-,21-18-,28-25-,31-27-,40-37-/t57-/m1/s1. The van der Waals surface area contributed by atoms with Crippen LogP contribution < -0.4 is 0 Å². The van der Waals surface area contributed by atoms with Crippen LogP contribution in [0.5, 0.6) is 0 Å². The number of hydrogen-bond acceptors (Lipinski definition) is 6. The van der Waals surface area contributed by atoms with Crippen LogP contribution in [0.25, 0.3) is 0 Å². The zero-order valence-corrected chi connectivity index (χ0v) is 43.7.